The van der Waals surface area contributed by atoms with Gasteiger partial charge >= 0.3 is 0 Å². The van der Waals surface area contributed by atoms with E-state index in [1.807, 2.05) is 12.3 Å². The van der Waals surface area contributed by atoms with Gasteiger partial charge in [0.15, 0.2) is 23.3 Å². The van der Waals surface area contributed by atoms with Gasteiger partial charge in [-0.1, -0.05) is 12.1 Å². The number of anilines is 1. The molecule has 4 nitrogen and oxygen atoms in total. The molecule has 2 rings (SSSR count). The van der Waals surface area contributed by atoms with Crippen LogP contribution in [0.5, 0.6) is 5.75 Å². The lowest BCUT2D eigenvalue weighted by atomic mass is 10.2. The van der Waals surface area contributed by atoms with Crippen molar-refractivity contribution in [2.75, 3.05) is 12.0 Å². The summed E-state index contributed by atoms with van der Waals surface area (Å²) in [7, 11) is 0. The molecule has 2 N–H and O–H groups in total. The lowest BCUT2D eigenvalue weighted by Gasteiger charge is -2.10. The Morgan fingerprint density at radius 1 is 0.962 bits per heavy atom. The molecule has 0 radical (unpaired) electrons. The fraction of sp³-hybridized carbons (Fsp3) is 0.118. The summed E-state index contributed by atoms with van der Waals surface area (Å²) in [4.78, 5) is 11.6. The number of nitrogens with one attached hydrogen (secondary N) is 2. The zero-order valence-electron chi connectivity index (χ0n) is 13.4. The minimum atomic E-state index is -2.28. The molecule has 0 saturated heterocycles. The van der Waals surface area contributed by atoms with Gasteiger partial charge in [-0.3, -0.25) is 15.6 Å². The predicted molar refractivity (Wildman–Crippen MR) is 84.6 cm³/mol. The summed E-state index contributed by atoms with van der Waals surface area (Å²) in [6, 6.07) is 6.67. The molecule has 1 amide bonds. The minimum Gasteiger partial charge on any atom is -0.494 e. The molecule has 0 aliphatic carbocycles. The molecule has 0 fully saturated rings. The fourth-order valence-corrected chi connectivity index (χ4v) is 1.89. The molecule has 0 saturated carbocycles. The second-order valence-corrected chi connectivity index (χ2v) is 4.89. The molecule has 0 aliphatic heterocycles. The molecular formula is C17H13F5N2O2. The van der Waals surface area contributed by atoms with E-state index in [-0.39, 0.29) is 0 Å². The van der Waals surface area contributed by atoms with Crippen LogP contribution in [0.2, 0.25) is 0 Å². The maximum absolute atomic E-state index is 13.4. The van der Waals surface area contributed by atoms with Crippen LogP contribution in [0.3, 0.4) is 0 Å². The van der Waals surface area contributed by atoms with Crippen molar-refractivity contribution < 1.29 is 31.5 Å². The van der Waals surface area contributed by atoms with E-state index in [9.17, 15) is 26.7 Å². The summed E-state index contributed by atoms with van der Waals surface area (Å²) >= 11 is 0. The van der Waals surface area contributed by atoms with Gasteiger partial charge in [0.1, 0.15) is 11.4 Å². The van der Waals surface area contributed by atoms with Crippen molar-refractivity contribution in [3.63, 3.8) is 0 Å². The van der Waals surface area contributed by atoms with E-state index < -0.39 is 40.7 Å². The van der Waals surface area contributed by atoms with Crippen molar-refractivity contribution in [3.05, 3.63) is 65.0 Å². The van der Waals surface area contributed by atoms with Crippen molar-refractivity contribution in [3.8, 4) is 5.75 Å². The Hall–Kier alpha value is -3.10. The van der Waals surface area contributed by atoms with Gasteiger partial charge in [0, 0.05) is 6.08 Å². The Balaban J connectivity index is 2.03. The first kappa shape index (κ1) is 19.2. The number of hydrogen-bond acceptors (Lipinski definition) is 3. The highest BCUT2D eigenvalue weighted by atomic mass is 19.2. The van der Waals surface area contributed by atoms with E-state index in [1.54, 1.807) is 29.7 Å². The predicted octanol–water partition coefficient (Wildman–Crippen LogP) is 3.94. The van der Waals surface area contributed by atoms with Crippen LogP contribution >= 0.6 is 0 Å². The smallest absolute Gasteiger partial charge is 0.262 e. The van der Waals surface area contributed by atoms with Crippen LogP contribution in [0.4, 0.5) is 27.6 Å². The molecule has 9 heteroatoms. The van der Waals surface area contributed by atoms with Crippen molar-refractivity contribution in [2.24, 2.45) is 0 Å². The second-order valence-electron chi connectivity index (χ2n) is 4.89. The Morgan fingerprint density at radius 2 is 1.50 bits per heavy atom. The van der Waals surface area contributed by atoms with Gasteiger partial charge in [0.05, 0.1) is 6.61 Å². The molecule has 2 aromatic carbocycles. The van der Waals surface area contributed by atoms with Gasteiger partial charge < -0.3 is 4.74 Å². The number of halogens is 5. The molecule has 0 aromatic heterocycles. The molecule has 0 bridgehead atoms. The summed E-state index contributed by atoms with van der Waals surface area (Å²) in [6.45, 7) is 2.33. The third-order valence-corrected chi connectivity index (χ3v) is 3.14. The van der Waals surface area contributed by atoms with Gasteiger partial charge in [-0.05, 0) is 30.7 Å². The third kappa shape index (κ3) is 4.29. The summed E-state index contributed by atoms with van der Waals surface area (Å²) < 4.78 is 71.1. The highest BCUT2D eigenvalue weighted by Crippen LogP contribution is 2.26. The zero-order chi connectivity index (χ0) is 19.3. The molecule has 0 atom stereocenters. The van der Waals surface area contributed by atoms with Gasteiger partial charge in [0.2, 0.25) is 5.82 Å². The average molecular weight is 372 g/mol. The summed E-state index contributed by atoms with van der Waals surface area (Å²) in [5.41, 5.74) is 2.77. The van der Waals surface area contributed by atoms with E-state index in [0.29, 0.717) is 17.9 Å². The summed E-state index contributed by atoms with van der Waals surface area (Å²) in [6.07, 6.45) is 2.39. The molecule has 0 unspecified atom stereocenters. The van der Waals surface area contributed by atoms with Crippen molar-refractivity contribution >= 4 is 17.7 Å². The Bertz CT molecular complexity index is 809. The van der Waals surface area contributed by atoms with Gasteiger partial charge in [0.25, 0.3) is 5.91 Å². The van der Waals surface area contributed by atoms with E-state index in [2.05, 4.69) is 0 Å². The van der Waals surface area contributed by atoms with Crippen LogP contribution in [-0.4, -0.2) is 12.5 Å². The SMILES string of the molecule is CCOc1ccc(/C=C/C(=O)NNc2c(F)c(F)c(F)c(F)c2F)cc1. The zero-order valence-corrected chi connectivity index (χ0v) is 13.4. The minimum absolute atomic E-state index is 0.501. The number of carbonyl (C=O) groups excluding carboxylic acids is 1. The van der Waals surface area contributed by atoms with Crippen molar-refractivity contribution in [1.82, 2.24) is 5.43 Å². The monoisotopic (exact) mass is 372 g/mol. The number of rotatable bonds is 6. The number of benzene rings is 2. The quantitative estimate of drug-likeness (QED) is 0.266. The van der Waals surface area contributed by atoms with E-state index in [4.69, 9.17) is 4.74 Å². The van der Waals surface area contributed by atoms with Gasteiger partial charge in [-0.2, -0.15) is 0 Å². The van der Waals surface area contributed by atoms with Gasteiger partial charge in [-0.25, -0.2) is 22.0 Å². The van der Waals surface area contributed by atoms with Crippen LogP contribution in [0.1, 0.15) is 12.5 Å². The Morgan fingerprint density at radius 3 is 2.04 bits per heavy atom. The molecule has 0 spiro atoms. The van der Waals surface area contributed by atoms with Crippen molar-refractivity contribution in [1.29, 1.82) is 0 Å². The lowest BCUT2D eigenvalue weighted by molar-refractivity contribution is -0.116. The Kier molecular flexibility index (Phi) is 6.16. The maximum atomic E-state index is 13.4. The third-order valence-electron chi connectivity index (χ3n) is 3.14. The summed E-state index contributed by atoms with van der Waals surface area (Å²) in [5.74, 6) is -10.9. The van der Waals surface area contributed by atoms with Crippen LogP contribution in [0.15, 0.2) is 30.3 Å². The number of amides is 1. The number of carbonyl (C=O) groups is 1. The molecule has 138 valence electrons. The van der Waals surface area contributed by atoms with E-state index >= 15 is 0 Å². The van der Waals surface area contributed by atoms with E-state index in [0.717, 1.165) is 6.08 Å². The Labute approximate surface area is 145 Å². The van der Waals surface area contributed by atoms with Crippen LogP contribution in [-0.2, 0) is 4.79 Å². The molecule has 26 heavy (non-hydrogen) atoms. The lowest BCUT2D eigenvalue weighted by Crippen LogP contribution is -2.29. The first-order valence-electron chi connectivity index (χ1n) is 7.33. The molecule has 0 aliphatic rings. The number of ether oxygens (including phenoxy) is 1. The number of hydrogen-bond donors (Lipinski definition) is 2. The number of hydrazine groups is 1. The standard InChI is InChI=1S/C17H13F5N2O2/c1-2-26-10-6-3-9(4-7-10)5-8-11(25)23-24-17-15(21)13(19)12(18)14(20)16(17)22/h3-8,24H,2H2,1H3,(H,23,25)/b8-5+. The first-order chi connectivity index (χ1) is 12.3. The van der Waals surface area contributed by atoms with Gasteiger partial charge in [-0.15, -0.1) is 0 Å². The molecular weight excluding hydrogens is 359 g/mol. The molecule has 2 aromatic rings. The van der Waals surface area contributed by atoms with Crippen LogP contribution in [0, 0.1) is 29.1 Å². The average Bonchev–Trinajstić information content (AvgIpc) is 2.64. The normalized spacial score (nSPS) is 10.8. The topological polar surface area (TPSA) is 50.4 Å². The highest BCUT2D eigenvalue weighted by molar-refractivity contribution is 5.92. The largest absolute Gasteiger partial charge is 0.494 e. The van der Waals surface area contributed by atoms with E-state index in [1.165, 1.54) is 6.08 Å². The van der Waals surface area contributed by atoms with Crippen molar-refractivity contribution in [2.45, 2.75) is 6.92 Å². The highest BCUT2D eigenvalue weighted by Gasteiger charge is 2.25. The van der Waals surface area contributed by atoms with Crippen LogP contribution in [0.25, 0.3) is 6.08 Å². The maximum Gasteiger partial charge on any atom is 0.262 e. The first-order valence-corrected chi connectivity index (χ1v) is 7.33. The van der Waals surface area contributed by atoms with Crippen LogP contribution < -0.4 is 15.6 Å². The second kappa shape index (κ2) is 8.32. The molecule has 0 heterocycles. The summed E-state index contributed by atoms with van der Waals surface area (Å²) in [5, 5.41) is 0. The fourth-order valence-electron chi connectivity index (χ4n) is 1.89.